The predicted octanol–water partition coefficient (Wildman–Crippen LogP) is 7.67. The highest BCUT2D eigenvalue weighted by atomic mass is 19.1. The number of rotatable bonds is 7. The van der Waals surface area contributed by atoms with E-state index >= 15 is 0 Å². The van der Waals surface area contributed by atoms with Crippen molar-refractivity contribution in [1.82, 2.24) is 25.1 Å². The van der Waals surface area contributed by atoms with Crippen LogP contribution in [0.25, 0.3) is 39.0 Å². The lowest BCUT2D eigenvalue weighted by Gasteiger charge is -2.26. The third-order valence-corrected chi connectivity index (χ3v) is 7.53. The van der Waals surface area contributed by atoms with Gasteiger partial charge in [0.15, 0.2) is 0 Å². The maximum Gasteiger partial charge on any atom is 0.123 e. The van der Waals surface area contributed by atoms with E-state index < -0.39 is 0 Å². The lowest BCUT2D eigenvalue weighted by atomic mass is 9.97. The predicted molar refractivity (Wildman–Crippen MR) is 157 cm³/mol. The Morgan fingerprint density at radius 1 is 1.03 bits per heavy atom. The lowest BCUT2D eigenvalue weighted by molar-refractivity contribution is 0.220. The van der Waals surface area contributed by atoms with Crippen LogP contribution in [0.2, 0.25) is 0 Å². The van der Waals surface area contributed by atoms with Crippen molar-refractivity contribution in [3.63, 3.8) is 0 Å². The smallest absolute Gasteiger partial charge is 0.123 e. The number of hydrogen-bond acceptors (Lipinski definition) is 3. The van der Waals surface area contributed by atoms with Crippen molar-refractivity contribution in [1.29, 1.82) is 0 Å². The molecule has 39 heavy (non-hydrogen) atoms. The first-order valence-corrected chi connectivity index (χ1v) is 13.5. The fourth-order valence-corrected chi connectivity index (χ4v) is 5.59. The second-order valence-corrected chi connectivity index (χ2v) is 10.3. The minimum Gasteiger partial charge on any atom is -0.357 e. The highest BCUT2D eigenvalue weighted by Crippen LogP contribution is 2.34. The van der Waals surface area contributed by atoms with E-state index in [4.69, 9.17) is 0 Å². The van der Waals surface area contributed by atoms with Gasteiger partial charge < -0.3 is 4.98 Å². The third-order valence-electron chi connectivity index (χ3n) is 7.53. The van der Waals surface area contributed by atoms with Gasteiger partial charge in [-0.25, -0.2) is 4.39 Å². The molecule has 1 fully saturated rings. The van der Waals surface area contributed by atoms with Crippen molar-refractivity contribution in [3.8, 4) is 22.5 Å². The summed E-state index contributed by atoms with van der Waals surface area (Å²) in [4.78, 5) is 10.6. The molecule has 0 atom stereocenters. The Balaban J connectivity index is 1.35. The molecule has 6 rings (SSSR count). The molecule has 0 spiro atoms. The van der Waals surface area contributed by atoms with Crippen LogP contribution in [0.1, 0.15) is 41.6 Å². The van der Waals surface area contributed by atoms with Crippen LogP contribution in [0.5, 0.6) is 0 Å². The van der Waals surface area contributed by atoms with Crippen LogP contribution in [0.3, 0.4) is 0 Å². The van der Waals surface area contributed by atoms with Crippen LogP contribution in [0.15, 0.2) is 85.7 Å². The zero-order valence-corrected chi connectivity index (χ0v) is 22.2. The number of halogens is 1. The van der Waals surface area contributed by atoms with Crippen molar-refractivity contribution in [3.05, 3.63) is 114 Å². The molecule has 0 amide bonds. The van der Waals surface area contributed by atoms with E-state index in [0.29, 0.717) is 0 Å². The number of benzene rings is 2. The number of aromatic amines is 2. The standard InChI is InChI=1S/C33H32FN5/c1-3-8-28(25-9-7-10-27(34)16-25)29-18-32(36-22(29)2)33-30-17-24(11-12-31(30)37-38-33)26-15-23(19-35-20-26)21-39-13-5-4-6-14-39/h3,7-12,15-20,36H,1,4-6,13-14,21H2,2H3,(H,37,38)/b28-8-. The molecule has 6 heteroatoms. The molecule has 196 valence electrons. The van der Waals surface area contributed by atoms with Crippen LogP contribution >= 0.6 is 0 Å². The summed E-state index contributed by atoms with van der Waals surface area (Å²) in [5.41, 5.74) is 9.82. The van der Waals surface area contributed by atoms with E-state index in [2.05, 4.69) is 62.0 Å². The number of likely N-dealkylation sites (tertiary alicyclic amines) is 1. The molecule has 5 nitrogen and oxygen atoms in total. The molecule has 4 heterocycles. The third kappa shape index (κ3) is 5.20. The van der Waals surface area contributed by atoms with E-state index in [1.807, 2.05) is 31.5 Å². The summed E-state index contributed by atoms with van der Waals surface area (Å²) in [5, 5.41) is 8.87. The van der Waals surface area contributed by atoms with Crippen LogP contribution < -0.4 is 0 Å². The number of hydrogen-bond donors (Lipinski definition) is 2. The van der Waals surface area contributed by atoms with Gasteiger partial charge in [-0.2, -0.15) is 5.10 Å². The van der Waals surface area contributed by atoms with Gasteiger partial charge in [-0.15, -0.1) is 0 Å². The van der Waals surface area contributed by atoms with Gasteiger partial charge in [-0.3, -0.25) is 15.0 Å². The van der Waals surface area contributed by atoms with Crippen molar-refractivity contribution in [2.75, 3.05) is 13.1 Å². The molecular weight excluding hydrogens is 485 g/mol. The molecule has 5 aromatic rings. The number of nitrogens with zero attached hydrogens (tertiary/aromatic N) is 3. The minimum atomic E-state index is -0.267. The van der Waals surface area contributed by atoms with Gasteiger partial charge in [-0.05, 0) is 91.5 Å². The molecular formula is C33H32FN5. The molecule has 0 aliphatic carbocycles. The number of aryl methyl sites for hydroxylation is 1. The molecule has 0 unspecified atom stereocenters. The Labute approximate surface area is 228 Å². The van der Waals surface area contributed by atoms with Gasteiger partial charge in [0.2, 0.25) is 0 Å². The van der Waals surface area contributed by atoms with Crippen LogP contribution in [-0.4, -0.2) is 38.2 Å². The van der Waals surface area contributed by atoms with Crippen LogP contribution in [0.4, 0.5) is 4.39 Å². The Morgan fingerprint density at radius 3 is 2.72 bits per heavy atom. The van der Waals surface area contributed by atoms with E-state index in [1.165, 1.54) is 30.9 Å². The summed E-state index contributed by atoms with van der Waals surface area (Å²) >= 11 is 0. The molecule has 3 aromatic heterocycles. The Bertz CT molecular complexity index is 1670. The van der Waals surface area contributed by atoms with Gasteiger partial charge in [0.25, 0.3) is 0 Å². The Hall–Kier alpha value is -4.29. The highest BCUT2D eigenvalue weighted by Gasteiger charge is 2.17. The van der Waals surface area contributed by atoms with Gasteiger partial charge in [0, 0.05) is 41.1 Å². The van der Waals surface area contributed by atoms with E-state index in [1.54, 1.807) is 18.2 Å². The zero-order valence-electron chi connectivity index (χ0n) is 22.2. The fraction of sp³-hybridized carbons (Fsp3) is 0.212. The zero-order chi connectivity index (χ0) is 26.8. The average Bonchev–Trinajstić information content (AvgIpc) is 3.55. The van der Waals surface area contributed by atoms with E-state index in [-0.39, 0.29) is 5.82 Å². The molecule has 0 bridgehead atoms. The second-order valence-electron chi connectivity index (χ2n) is 10.3. The summed E-state index contributed by atoms with van der Waals surface area (Å²) in [6.45, 7) is 9.16. The van der Waals surface area contributed by atoms with Crippen LogP contribution in [-0.2, 0) is 6.54 Å². The molecule has 1 saturated heterocycles. The summed E-state index contributed by atoms with van der Waals surface area (Å²) in [5.74, 6) is -0.267. The van der Waals surface area contributed by atoms with Crippen LogP contribution in [0, 0.1) is 12.7 Å². The minimum absolute atomic E-state index is 0.267. The van der Waals surface area contributed by atoms with E-state index in [0.717, 1.165) is 75.4 Å². The molecule has 2 aromatic carbocycles. The van der Waals surface area contributed by atoms with Gasteiger partial charge in [-0.1, -0.05) is 43.4 Å². The van der Waals surface area contributed by atoms with Gasteiger partial charge in [0.1, 0.15) is 11.5 Å². The number of aromatic nitrogens is 4. The molecule has 0 saturated carbocycles. The first kappa shape index (κ1) is 25.0. The normalized spacial score (nSPS) is 14.7. The number of allylic oxidation sites excluding steroid dienone is 2. The molecule has 1 aliphatic heterocycles. The number of piperidine rings is 1. The number of pyridine rings is 1. The summed E-state index contributed by atoms with van der Waals surface area (Å²) in [7, 11) is 0. The number of nitrogens with one attached hydrogen (secondary N) is 2. The average molecular weight is 518 g/mol. The maximum atomic E-state index is 14.0. The summed E-state index contributed by atoms with van der Waals surface area (Å²) < 4.78 is 14.0. The van der Waals surface area contributed by atoms with Gasteiger partial charge in [0.05, 0.1) is 11.2 Å². The lowest BCUT2D eigenvalue weighted by Crippen LogP contribution is -2.29. The second kappa shape index (κ2) is 10.8. The first-order chi connectivity index (χ1) is 19.1. The van der Waals surface area contributed by atoms with Crippen molar-refractivity contribution < 1.29 is 4.39 Å². The molecule has 1 aliphatic rings. The SMILES string of the molecule is C=C/C=C(/c1cccc(F)c1)c1cc(-c2n[nH]c3ccc(-c4cncc(CN5CCCCC5)c4)cc23)[nH]c1C. The van der Waals surface area contributed by atoms with Gasteiger partial charge >= 0.3 is 0 Å². The first-order valence-electron chi connectivity index (χ1n) is 13.5. The fourth-order valence-electron chi connectivity index (χ4n) is 5.59. The maximum absolute atomic E-state index is 14.0. The van der Waals surface area contributed by atoms with Crippen molar-refractivity contribution >= 4 is 16.5 Å². The molecule has 0 radical (unpaired) electrons. The largest absolute Gasteiger partial charge is 0.357 e. The molecule has 2 N–H and O–H groups in total. The summed E-state index contributed by atoms with van der Waals surface area (Å²) in [6.07, 6.45) is 11.5. The topological polar surface area (TPSA) is 60.6 Å². The quantitative estimate of drug-likeness (QED) is 0.218. The number of H-pyrrole nitrogens is 2. The summed E-state index contributed by atoms with van der Waals surface area (Å²) in [6, 6.07) is 17.3. The van der Waals surface area contributed by atoms with Crippen molar-refractivity contribution in [2.45, 2.75) is 32.7 Å². The van der Waals surface area contributed by atoms with E-state index in [9.17, 15) is 4.39 Å². The Kier molecular flexibility index (Phi) is 6.95. The number of fused-ring (bicyclic) bond motifs is 1. The van der Waals surface area contributed by atoms with Crippen molar-refractivity contribution in [2.24, 2.45) is 0 Å². The highest BCUT2D eigenvalue weighted by molar-refractivity contribution is 5.96. The monoisotopic (exact) mass is 517 g/mol. The Morgan fingerprint density at radius 2 is 1.90 bits per heavy atom.